The van der Waals surface area contributed by atoms with E-state index in [2.05, 4.69) is 34.9 Å². The Morgan fingerprint density at radius 3 is 1.44 bits per heavy atom. The SMILES string of the molecule is CCOC(=O)C(=O)c1cnc(-c2ccc(F)cc2)s1.Fc1ccc(-c2nccs2)cc1.O=C(N[C@H](CN1CCCC1)[C@H](O)c1ccc(OC2CC2)c(Cl)c1)C(=O)c1cnc(-c2ccc(F)cc2)s1.O=C(O)C(=O)c1cnc(-c2ccc(F)cc2)s1.OB(O)c1ccc(F)cc1. The number of esters is 1. The number of ketones is 3. The predicted octanol–water partition coefficient (Wildman–Crippen LogP) is 12.0. The van der Waals surface area contributed by atoms with E-state index in [1.54, 1.807) is 79.1 Å². The number of carbonyl (C=O) groups is 6. The van der Waals surface area contributed by atoms with Gasteiger partial charge in [-0.2, -0.15) is 0 Å². The van der Waals surface area contributed by atoms with Crippen LogP contribution in [0.1, 0.15) is 73.3 Å². The number of amides is 1. The van der Waals surface area contributed by atoms with Gasteiger partial charge in [0.15, 0.2) is 0 Å². The molecule has 12 rings (SSSR count). The highest BCUT2D eigenvalue weighted by Gasteiger charge is 2.31. The Kier molecular flexibility index (Phi) is 26.3. The number of hydrogen-bond acceptors (Lipinski definition) is 20. The molecule has 0 unspecified atom stereocenters. The van der Waals surface area contributed by atoms with E-state index in [0.717, 1.165) is 83.4 Å². The number of carboxylic acids is 1. The molecule has 4 aromatic heterocycles. The van der Waals surface area contributed by atoms with Crippen LogP contribution in [0.15, 0.2) is 170 Å². The fraction of sp³-hybridized carbons (Fsp3) is 0.182. The van der Waals surface area contributed by atoms with Gasteiger partial charge in [0.05, 0.1) is 42.4 Å². The Balaban J connectivity index is 0.000000167. The second-order valence-corrected chi connectivity index (χ2v) is 24.8. The number of likely N-dealkylation sites (tertiary alicyclic amines) is 1. The number of aliphatic hydroxyl groups excluding tert-OH is 1. The lowest BCUT2D eigenvalue weighted by Crippen LogP contribution is -2.48. The highest BCUT2D eigenvalue weighted by Crippen LogP contribution is 2.35. The Hall–Kier alpha value is -9.10. The molecule has 6 aromatic carbocycles. The second-order valence-electron chi connectivity index (χ2n) is 20.4. The van der Waals surface area contributed by atoms with Crippen molar-refractivity contribution in [2.45, 2.75) is 50.9 Å². The standard InChI is InChI=1S/C27H27ClFN3O4S.C13H10FNO3S.C11H6FNO3S.C9H6FNS.C6H6BFO2/c28-20-13-17(5-10-22(20)36-19-8-9-19)24(33)21(15-32-11-1-2-12-32)31-26(35)25(34)23-14-30-27(37-23)16-3-6-18(29)7-4-16;1-2-18-13(17)11(16)10-7-15-12(19-10)8-3-5-9(14)6-4-8;12-7-3-1-6(2-4-7)10-13-5-8(17-10)9(14)11(15)16;10-8-3-1-7(2-4-8)9-11-5-6-12-9;8-6-3-1-5(2-4-6)7(9)10/h3-7,10,13-14,19,21,24,33H,1-2,8-9,11-12,15H2,(H,31,35);3-7H,2H2,1H3;1-5H,(H,15,16);1-6H;1-4,9-10H/t21-,24-;;;;/m1..../s1. The number of hydrogen-bond donors (Lipinski definition) is 5. The zero-order valence-corrected chi connectivity index (χ0v) is 53.8. The molecule has 0 bridgehead atoms. The third-order valence-corrected chi connectivity index (χ3v) is 17.7. The number of Topliss-reactive ketones (excluding diaryl/α,β-unsaturated/α-hetero) is 3. The maximum absolute atomic E-state index is 13.2. The second kappa shape index (κ2) is 34.9. The van der Waals surface area contributed by atoms with Gasteiger partial charge in [-0.3, -0.25) is 19.2 Å². The van der Waals surface area contributed by atoms with E-state index in [4.69, 9.17) is 31.5 Å². The molecular weight excluding hydrogens is 1340 g/mol. The summed E-state index contributed by atoms with van der Waals surface area (Å²) >= 11 is 11.0. The van der Waals surface area contributed by atoms with Crippen molar-refractivity contribution >= 4 is 105 Å². The smallest absolute Gasteiger partial charge is 0.488 e. The molecule has 0 spiro atoms. The molecular formula is C66H55BClF5N6O12S4. The number of benzene rings is 6. The van der Waals surface area contributed by atoms with Gasteiger partial charge in [0, 0.05) is 40.4 Å². The van der Waals surface area contributed by atoms with Crippen molar-refractivity contribution in [1.29, 1.82) is 0 Å². The summed E-state index contributed by atoms with van der Waals surface area (Å²) in [6.45, 7) is 3.88. The molecule has 5 heterocycles. The number of aromatic nitrogens is 4. The van der Waals surface area contributed by atoms with Gasteiger partial charge in [-0.15, -0.1) is 45.3 Å². The van der Waals surface area contributed by atoms with Crippen molar-refractivity contribution in [3.63, 3.8) is 0 Å². The van der Waals surface area contributed by atoms with Crippen LogP contribution in [-0.4, -0.2) is 126 Å². The van der Waals surface area contributed by atoms with Crippen molar-refractivity contribution in [3.05, 3.63) is 224 Å². The van der Waals surface area contributed by atoms with Crippen LogP contribution >= 0.6 is 56.9 Å². The quantitative estimate of drug-likeness (QED) is 0.0166. The third kappa shape index (κ3) is 21.5. The number of aliphatic hydroxyl groups is 1. The summed E-state index contributed by atoms with van der Waals surface area (Å²) in [4.78, 5) is 89.4. The van der Waals surface area contributed by atoms with Gasteiger partial charge < -0.3 is 40.0 Å². The normalized spacial score (nSPS) is 12.9. The minimum absolute atomic E-state index is 0.0526. The number of aliphatic carboxylic acids is 1. The first kappa shape index (κ1) is 71.7. The largest absolute Gasteiger partial charge is 0.489 e. The molecule has 18 nitrogen and oxygen atoms in total. The van der Waals surface area contributed by atoms with Gasteiger partial charge in [-0.05, 0) is 178 Å². The van der Waals surface area contributed by atoms with E-state index >= 15 is 0 Å². The molecule has 2 atom stereocenters. The summed E-state index contributed by atoms with van der Waals surface area (Å²) in [7, 11) is -1.51. The number of nitrogens with one attached hydrogen (secondary N) is 1. The third-order valence-electron chi connectivity index (χ3n) is 13.5. The number of carbonyl (C=O) groups excluding carboxylic acids is 5. The molecule has 490 valence electrons. The molecule has 0 radical (unpaired) electrons. The Bertz CT molecular complexity index is 4200. The average Bonchev–Trinajstić information content (AvgIpc) is 1.87. The highest BCUT2D eigenvalue weighted by atomic mass is 35.5. The zero-order chi connectivity index (χ0) is 68.1. The lowest BCUT2D eigenvalue weighted by Gasteiger charge is -2.28. The summed E-state index contributed by atoms with van der Waals surface area (Å²) < 4.78 is 73.8. The van der Waals surface area contributed by atoms with Crippen LogP contribution in [0.2, 0.25) is 5.02 Å². The minimum Gasteiger partial charge on any atom is -0.489 e. The molecule has 10 aromatic rings. The van der Waals surface area contributed by atoms with Crippen LogP contribution in [0.4, 0.5) is 22.0 Å². The lowest BCUT2D eigenvalue weighted by molar-refractivity contribution is -0.137. The van der Waals surface area contributed by atoms with Gasteiger partial charge in [-0.1, -0.05) is 29.8 Å². The number of thiazole rings is 4. The van der Waals surface area contributed by atoms with Crippen molar-refractivity contribution in [1.82, 2.24) is 30.2 Å². The molecule has 1 amide bonds. The van der Waals surface area contributed by atoms with Crippen LogP contribution in [0, 0.1) is 29.1 Å². The molecule has 5 N–H and O–H groups in total. The van der Waals surface area contributed by atoms with Crippen molar-refractivity contribution in [2.75, 3.05) is 26.2 Å². The predicted molar refractivity (Wildman–Crippen MR) is 351 cm³/mol. The molecule has 2 fully saturated rings. The minimum atomic E-state index is -1.51. The van der Waals surface area contributed by atoms with Crippen molar-refractivity contribution < 1.29 is 80.5 Å². The maximum atomic E-state index is 13.2. The van der Waals surface area contributed by atoms with E-state index in [0.29, 0.717) is 60.1 Å². The van der Waals surface area contributed by atoms with E-state index in [9.17, 15) is 55.8 Å². The summed E-state index contributed by atoms with van der Waals surface area (Å²) in [6.07, 6.45) is 8.82. The summed E-state index contributed by atoms with van der Waals surface area (Å²) in [5.41, 5.74) is 3.77. The first-order chi connectivity index (χ1) is 45.6. The van der Waals surface area contributed by atoms with Crippen molar-refractivity contribution in [3.8, 4) is 48.0 Å². The fourth-order valence-electron chi connectivity index (χ4n) is 8.52. The first-order valence-electron chi connectivity index (χ1n) is 28.8. The van der Waals surface area contributed by atoms with Crippen molar-refractivity contribution in [2.24, 2.45) is 0 Å². The number of carboxylic acid groups (broad SMARTS) is 1. The van der Waals surface area contributed by atoms with E-state index in [-0.39, 0.29) is 56.4 Å². The monoisotopic (exact) mass is 1390 g/mol. The molecule has 1 aliphatic heterocycles. The highest BCUT2D eigenvalue weighted by molar-refractivity contribution is 7.18. The first-order valence-corrected chi connectivity index (χ1v) is 32.5. The molecule has 29 heteroatoms. The zero-order valence-electron chi connectivity index (χ0n) is 49.8. The number of halogens is 6. The van der Waals surface area contributed by atoms with E-state index in [1.165, 1.54) is 104 Å². The summed E-state index contributed by atoms with van der Waals surface area (Å²) in [5, 5.41) is 44.4. The topological polar surface area (TPSA) is 269 Å². The molecule has 2 aliphatic rings. The van der Waals surface area contributed by atoms with E-state index < -0.39 is 54.5 Å². The molecule has 95 heavy (non-hydrogen) atoms. The number of ether oxygens (including phenoxy) is 2. The van der Waals surface area contributed by atoms with Crippen LogP contribution in [0.3, 0.4) is 0 Å². The average molecular weight is 1390 g/mol. The molecule has 1 saturated carbocycles. The van der Waals surface area contributed by atoms with Crippen LogP contribution in [-0.2, 0) is 19.1 Å². The molecule has 1 saturated heterocycles. The number of nitrogens with zero attached hydrogens (tertiary/aromatic N) is 5. The number of rotatable bonds is 19. The Morgan fingerprint density at radius 1 is 0.611 bits per heavy atom. The van der Waals surface area contributed by atoms with Crippen LogP contribution in [0.5, 0.6) is 5.75 Å². The Labute approximate surface area is 561 Å². The van der Waals surface area contributed by atoms with Gasteiger partial charge in [0.1, 0.15) is 75.6 Å². The molecule has 1 aliphatic carbocycles. The van der Waals surface area contributed by atoms with E-state index in [1.807, 2.05) is 5.38 Å². The summed E-state index contributed by atoms with van der Waals surface area (Å²) in [6, 6.07) is 32.8. The fourth-order valence-corrected chi connectivity index (χ4v) is 12.0. The maximum Gasteiger partial charge on any atom is 0.488 e. The van der Waals surface area contributed by atoms with Gasteiger partial charge >= 0.3 is 19.1 Å². The van der Waals surface area contributed by atoms with Gasteiger partial charge in [0.25, 0.3) is 23.3 Å². The Morgan fingerprint density at radius 2 is 1.04 bits per heavy atom. The van der Waals surface area contributed by atoms with Gasteiger partial charge in [0.2, 0.25) is 0 Å². The van der Waals surface area contributed by atoms with Crippen LogP contribution in [0.25, 0.3) is 42.3 Å². The van der Waals surface area contributed by atoms with Crippen LogP contribution < -0.4 is 15.5 Å². The summed E-state index contributed by atoms with van der Waals surface area (Å²) in [5.74, 6) is -6.79. The lowest BCUT2D eigenvalue weighted by atomic mass is 9.80. The van der Waals surface area contributed by atoms with Gasteiger partial charge in [-0.25, -0.2) is 51.5 Å².